The molecule has 0 aromatic heterocycles. The number of rotatable bonds is 11. The molecule has 0 amide bonds. The summed E-state index contributed by atoms with van der Waals surface area (Å²) in [4.78, 5) is 69.6. The predicted molar refractivity (Wildman–Crippen MR) is 148 cm³/mol. The average molecular weight is 688 g/mol. The second kappa shape index (κ2) is 15.9. The highest BCUT2D eigenvalue weighted by Gasteiger charge is 2.53. The Balaban J connectivity index is 1.89. The zero-order valence-corrected chi connectivity index (χ0v) is 25.5. The fourth-order valence-corrected chi connectivity index (χ4v) is 4.33. The van der Waals surface area contributed by atoms with Crippen LogP contribution in [0.25, 0.3) is 0 Å². The summed E-state index contributed by atoms with van der Waals surface area (Å²) in [5, 5.41) is 10.8. The van der Waals surface area contributed by atoms with E-state index in [0.29, 0.717) is 6.07 Å². The van der Waals surface area contributed by atoms with Crippen LogP contribution in [0.3, 0.4) is 0 Å². The lowest BCUT2D eigenvalue weighted by Gasteiger charge is -2.43. The van der Waals surface area contributed by atoms with E-state index >= 15 is 0 Å². The van der Waals surface area contributed by atoms with Gasteiger partial charge in [0.05, 0.1) is 10.5 Å². The maximum Gasteiger partial charge on any atom is 0.514 e. The highest BCUT2D eigenvalue weighted by atomic mass is 19.4. The number of carbonyl (C=O) groups is 5. The Morgan fingerprint density at radius 2 is 1.35 bits per heavy atom. The minimum Gasteiger partial charge on any atom is -0.463 e. The molecule has 2 aromatic rings. The Hall–Kier alpha value is -5.46. The number of nitro groups is 1. The SMILES string of the molecule is CC(=O)OCC1OC(Oc2ccc(COC(=O)Oc3ccc([N+](=O)[O-])cc3)c(C(F)(F)F)c2)C(OC(C)=O)C(OC(C)=O)C1OC(C)=O. The first-order valence-corrected chi connectivity index (χ1v) is 13.7. The van der Waals surface area contributed by atoms with Crippen LogP contribution in [-0.4, -0.2) is 72.3 Å². The van der Waals surface area contributed by atoms with Crippen LogP contribution in [0.1, 0.15) is 38.8 Å². The van der Waals surface area contributed by atoms with Crippen LogP contribution in [0.4, 0.5) is 23.7 Å². The molecule has 1 aliphatic heterocycles. The first-order valence-electron chi connectivity index (χ1n) is 13.7. The van der Waals surface area contributed by atoms with Gasteiger partial charge in [-0.15, -0.1) is 0 Å². The molecule has 19 heteroatoms. The molecule has 0 spiro atoms. The fourth-order valence-electron chi connectivity index (χ4n) is 4.33. The third-order valence-electron chi connectivity index (χ3n) is 6.18. The monoisotopic (exact) mass is 687 g/mol. The smallest absolute Gasteiger partial charge is 0.463 e. The van der Waals surface area contributed by atoms with Crippen LogP contribution in [-0.2, 0) is 60.4 Å². The van der Waals surface area contributed by atoms with E-state index in [-0.39, 0.29) is 11.4 Å². The number of nitro benzene ring substituents is 1. The average Bonchev–Trinajstić information content (AvgIpc) is 2.97. The van der Waals surface area contributed by atoms with Crippen molar-refractivity contribution in [1.29, 1.82) is 0 Å². The van der Waals surface area contributed by atoms with Gasteiger partial charge in [-0.05, 0) is 24.3 Å². The summed E-state index contributed by atoms with van der Waals surface area (Å²) in [5.74, 6) is -4.25. The van der Waals surface area contributed by atoms with E-state index in [1.165, 1.54) is 0 Å². The Labute approximate surface area is 269 Å². The van der Waals surface area contributed by atoms with Gasteiger partial charge in [-0.1, -0.05) is 6.07 Å². The molecule has 48 heavy (non-hydrogen) atoms. The van der Waals surface area contributed by atoms with E-state index in [1.807, 2.05) is 0 Å². The van der Waals surface area contributed by atoms with Gasteiger partial charge in [-0.2, -0.15) is 13.2 Å². The maximum atomic E-state index is 14.1. The Morgan fingerprint density at radius 3 is 1.90 bits per heavy atom. The number of hydrogen-bond acceptors (Lipinski definition) is 15. The molecule has 0 aliphatic carbocycles. The van der Waals surface area contributed by atoms with Crippen molar-refractivity contribution in [2.45, 2.75) is 71.2 Å². The molecule has 5 atom stereocenters. The summed E-state index contributed by atoms with van der Waals surface area (Å²) in [7, 11) is 0. The number of benzene rings is 2. The lowest BCUT2D eigenvalue weighted by atomic mass is 9.98. The van der Waals surface area contributed by atoms with E-state index in [0.717, 1.165) is 64.1 Å². The number of ether oxygens (including phenoxy) is 8. The molecule has 1 aliphatic rings. The van der Waals surface area contributed by atoms with Crippen molar-refractivity contribution in [3.8, 4) is 11.5 Å². The van der Waals surface area contributed by atoms with Gasteiger partial charge in [0.15, 0.2) is 12.2 Å². The van der Waals surface area contributed by atoms with Gasteiger partial charge < -0.3 is 37.9 Å². The molecule has 0 N–H and O–H groups in total. The third-order valence-corrected chi connectivity index (χ3v) is 6.18. The lowest BCUT2D eigenvalue weighted by Crippen LogP contribution is -2.63. The van der Waals surface area contributed by atoms with Gasteiger partial charge in [-0.25, -0.2) is 4.79 Å². The van der Waals surface area contributed by atoms with Gasteiger partial charge in [0, 0.05) is 45.4 Å². The molecule has 0 radical (unpaired) electrons. The second-order valence-electron chi connectivity index (χ2n) is 9.89. The normalized spacial score (nSPS) is 20.4. The zero-order valence-electron chi connectivity index (χ0n) is 25.5. The van der Waals surface area contributed by atoms with Crippen LogP contribution in [0, 0.1) is 10.1 Å². The summed E-state index contributed by atoms with van der Waals surface area (Å²) in [6.07, 6.45) is -14.5. The molecule has 0 saturated carbocycles. The quantitative estimate of drug-likeness (QED) is 0.108. The van der Waals surface area contributed by atoms with Gasteiger partial charge in [0.25, 0.3) is 5.69 Å². The van der Waals surface area contributed by atoms with Gasteiger partial charge in [0.2, 0.25) is 12.4 Å². The molecule has 260 valence electrons. The van der Waals surface area contributed by atoms with E-state index in [4.69, 9.17) is 37.9 Å². The molecular weight excluding hydrogens is 659 g/mol. The van der Waals surface area contributed by atoms with Gasteiger partial charge in [-0.3, -0.25) is 29.3 Å². The Kier molecular flexibility index (Phi) is 12.3. The largest absolute Gasteiger partial charge is 0.514 e. The first-order chi connectivity index (χ1) is 22.4. The van der Waals surface area contributed by atoms with Crippen molar-refractivity contribution in [2.75, 3.05) is 6.61 Å². The van der Waals surface area contributed by atoms with Crippen LogP contribution in [0.5, 0.6) is 11.5 Å². The number of hydrogen-bond donors (Lipinski definition) is 0. The van der Waals surface area contributed by atoms with Crippen molar-refractivity contribution in [3.05, 3.63) is 63.7 Å². The van der Waals surface area contributed by atoms with E-state index in [2.05, 4.69) is 0 Å². The number of nitrogens with zero attached hydrogens (tertiary/aromatic N) is 1. The molecule has 16 nitrogen and oxygen atoms in total. The standard InChI is InChI=1S/C29H28F3NO15/c1-14(34)41-13-23-24(43-15(2)35)25(44-16(3)36)26(45-17(4)37)27(48-23)46-21-8-5-18(22(11-21)29(30,31)32)12-42-28(38)47-20-9-6-19(7-10-20)33(39)40/h5-11,23-27H,12-13H2,1-4H3. The summed E-state index contributed by atoms with van der Waals surface area (Å²) < 4.78 is 84.0. The van der Waals surface area contributed by atoms with Crippen molar-refractivity contribution >= 4 is 35.7 Å². The summed E-state index contributed by atoms with van der Waals surface area (Å²) >= 11 is 0. The highest BCUT2D eigenvalue weighted by Crippen LogP contribution is 2.37. The number of alkyl halides is 3. The minimum absolute atomic E-state index is 0.171. The molecular formula is C29H28F3NO15. The molecule has 5 unspecified atom stereocenters. The molecule has 1 saturated heterocycles. The van der Waals surface area contributed by atoms with Crippen LogP contribution in [0.2, 0.25) is 0 Å². The van der Waals surface area contributed by atoms with Crippen molar-refractivity contribution < 1.29 is 80.0 Å². The van der Waals surface area contributed by atoms with Crippen molar-refractivity contribution in [1.82, 2.24) is 0 Å². The Bertz CT molecular complexity index is 1530. The summed E-state index contributed by atoms with van der Waals surface area (Å²) in [6, 6.07) is 6.70. The number of non-ortho nitro benzene ring substituents is 1. The van der Waals surface area contributed by atoms with Crippen LogP contribution in [0.15, 0.2) is 42.5 Å². The number of halogens is 3. The number of esters is 4. The van der Waals surface area contributed by atoms with Gasteiger partial charge in [0.1, 0.15) is 30.8 Å². The number of carbonyl (C=O) groups excluding carboxylic acids is 5. The molecule has 0 bridgehead atoms. The van der Waals surface area contributed by atoms with Crippen LogP contribution < -0.4 is 9.47 Å². The lowest BCUT2D eigenvalue weighted by molar-refractivity contribution is -0.384. The fraction of sp³-hybridized carbons (Fsp3) is 0.414. The topological polar surface area (TPSA) is 202 Å². The van der Waals surface area contributed by atoms with Crippen molar-refractivity contribution in [2.24, 2.45) is 0 Å². The predicted octanol–water partition coefficient (Wildman–Crippen LogP) is 3.79. The first kappa shape index (κ1) is 37.0. The van der Waals surface area contributed by atoms with Gasteiger partial charge >= 0.3 is 36.2 Å². The maximum absolute atomic E-state index is 14.1. The van der Waals surface area contributed by atoms with E-state index in [1.54, 1.807) is 0 Å². The Morgan fingerprint density at radius 1 is 0.792 bits per heavy atom. The third kappa shape index (κ3) is 10.5. The molecule has 1 heterocycles. The minimum atomic E-state index is -5.03. The molecule has 3 rings (SSSR count). The summed E-state index contributed by atoms with van der Waals surface area (Å²) in [5.41, 5.74) is -2.16. The summed E-state index contributed by atoms with van der Waals surface area (Å²) in [6.45, 7) is 2.49. The van der Waals surface area contributed by atoms with E-state index in [9.17, 15) is 47.3 Å². The molecule has 2 aromatic carbocycles. The molecule has 1 fully saturated rings. The van der Waals surface area contributed by atoms with Crippen LogP contribution >= 0.6 is 0 Å². The van der Waals surface area contributed by atoms with Crippen molar-refractivity contribution in [3.63, 3.8) is 0 Å². The second-order valence-corrected chi connectivity index (χ2v) is 9.89. The highest BCUT2D eigenvalue weighted by molar-refractivity contribution is 5.69. The van der Waals surface area contributed by atoms with E-state index < -0.39 is 102 Å². The zero-order chi connectivity index (χ0) is 35.8.